The predicted molar refractivity (Wildman–Crippen MR) is 105 cm³/mol. The summed E-state index contributed by atoms with van der Waals surface area (Å²) < 4.78 is 26.8. The highest BCUT2D eigenvalue weighted by molar-refractivity contribution is 6.03. The summed E-state index contributed by atoms with van der Waals surface area (Å²) >= 11 is 0. The largest absolute Gasteiger partial charge is 0.378 e. The second-order valence-corrected chi connectivity index (χ2v) is 6.33. The van der Waals surface area contributed by atoms with Gasteiger partial charge in [-0.25, -0.2) is 18.7 Å². The maximum absolute atomic E-state index is 13.8. The fourth-order valence-electron chi connectivity index (χ4n) is 2.52. The number of aryl methyl sites for hydroxylation is 1. The Balaban J connectivity index is 1.79. The van der Waals surface area contributed by atoms with Crippen molar-refractivity contribution >= 4 is 28.8 Å². The zero-order chi connectivity index (χ0) is 20.3. The zero-order valence-corrected chi connectivity index (χ0v) is 15.6. The number of anilines is 4. The fraction of sp³-hybridized carbons (Fsp3) is 0.150. The van der Waals surface area contributed by atoms with Crippen LogP contribution in [-0.4, -0.2) is 30.0 Å². The van der Waals surface area contributed by atoms with Crippen molar-refractivity contribution in [2.45, 2.75) is 6.92 Å². The lowest BCUT2D eigenvalue weighted by molar-refractivity contribution is 0.102. The molecule has 6 nitrogen and oxygen atoms in total. The van der Waals surface area contributed by atoms with Crippen LogP contribution in [0.5, 0.6) is 0 Å². The molecule has 0 saturated carbocycles. The van der Waals surface area contributed by atoms with Gasteiger partial charge in [-0.2, -0.15) is 0 Å². The molecule has 0 bridgehead atoms. The Morgan fingerprint density at radius 1 is 1.00 bits per heavy atom. The summed E-state index contributed by atoms with van der Waals surface area (Å²) in [5.74, 6) is -1.41. The number of hydrogen-bond acceptors (Lipinski definition) is 5. The van der Waals surface area contributed by atoms with Crippen LogP contribution in [0, 0.1) is 18.6 Å². The Morgan fingerprint density at radius 2 is 1.71 bits per heavy atom. The quantitative estimate of drug-likeness (QED) is 0.693. The number of aromatic nitrogens is 2. The van der Waals surface area contributed by atoms with Crippen LogP contribution < -0.4 is 15.5 Å². The molecule has 3 aromatic rings. The number of rotatable bonds is 5. The molecule has 2 N–H and O–H groups in total. The summed E-state index contributed by atoms with van der Waals surface area (Å²) in [6.07, 6.45) is 0. The number of nitrogens with zero attached hydrogens (tertiary/aromatic N) is 3. The van der Waals surface area contributed by atoms with Gasteiger partial charge in [-0.3, -0.25) is 4.79 Å². The molecule has 8 heteroatoms. The number of hydrogen-bond donors (Lipinski definition) is 2. The van der Waals surface area contributed by atoms with Crippen molar-refractivity contribution in [2.24, 2.45) is 0 Å². The van der Waals surface area contributed by atoms with Crippen LogP contribution in [0.4, 0.5) is 31.7 Å². The van der Waals surface area contributed by atoms with Crippen molar-refractivity contribution in [2.75, 3.05) is 29.6 Å². The molecule has 0 atom stereocenters. The third-order valence-corrected chi connectivity index (χ3v) is 3.91. The lowest BCUT2D eigenvalue weighted by Crippen LogP contribution is -2.16. The summed E-state index contributed by atoms with van der Waals surface area (Å²) in [6.45, 7) is 1.65. The van der Waals surface area contributed by atoms with E-state index in [4.69, 9.17) is 0 Å². The number of carbonyl (C=O) groups excluding carboxylic acids is 1. The van der Waals surface area contributed by atoms with E-state index < -0.39 is 17.5 Å². The average molecular weight is 383 g/mol. The van der Waals surface area contributed by atoms with E-state index in [2.05, 4.69) is 20.6 Å². The van der Waals surface area contributed by atoms with Crippen LogP contribution in [-0.2, 0) is 0 Å². The van der Waals surface area contributed by atoms with Gasteiger partial charge in [-0.1, -0.05) is 0 Å². The van der Waals surface area contributed by atoms with Crippen molar-refractivity contribution in [1.29, 1.82) is 0 Å². The van der Waals surface area contributed by atoms with Crippen molar-refractivity contribution in [3.63, 3.8) is 0 Å². The highest BCUT2D eigenvalue weighted by Gasteiger charge is 2.14. The lowest BCUT2D eigenvalue weighted by Gasteiger charge is -2.13. The van der Waals surface area contributed by atoms with E-state index in [1.54, 1.807) is 6.92 Å². The molecule has 0 aliphatic rings. The maximum atomic E-state index is 13.8. The third kappa shape index (κ3) is 4.59. The highest BCUT2D eigenvalue weighted by atomic mass is 19.1. The monoisotopic (exact) mass is 383 g/mol. The summed E-state index contributed by atoms with van der Waals surface area (Å²) in [6, 6.07) is 12.1. The molecule has 0 saturated heterocycles. The molecule has 2 aromatic carbocycles. The van der Waals surface area contributed by atoms with E-state index in [1.807, 2.05) is 43.3 Å². The van der Waals surface area contributed by atoms with Gasteiger partial charge in [0.2, 0.25) is 0 Å². The summed E-state index contributed by atoms with van der Waals surface area (Å²) in [5.41, 5.74) is 1.77. The Labute approximate surface area is 161 Å². The van der Waals surface area contributed by atoms with Gasteiger partial charge in [0.05, 0.1) is 5.69 Å². The van der Waals surface area contributed by atoms with E-state index in [0.717, 1.165) is 23.5 Å². The second-order valence-electron chi connectivity index (χ2n) is 6.33. The molecule has 1 amide bonds. The van der Waals surface area contributed by atoms with E-state index in [-0.39, 0.29) is 11.4 Å². The predicted octanol–water partition coefficient (Wildman–Crippen LogP) is 4.13. The summed E-state index contributed by atoms with van der Waals surface area (Å²) in [7, 11) is 3.90. The molecule has 0 radical (unpaired) electrons. The molecule has 28 heavy (non-hydrogen) atoms. The van der Waals surface area contributed by atoms with E-state index in [0.29, 0.717) is 17.7 Å². The Kier molecular flexibility index (Phi) is 5.49. The summed E-state index contributed by atoms with van der Waals surface area (Å²) in [5, 5.41) is 5.50. The van der Waals surface area contributed by atoms with Crippen molar-refractivity contribution in [3.8, 4) is 0 Å². The fourth-order valence-corrected chi connectivity index (χ4v) is 2.52. The molecule has 1 aromatic heterocycles. The maximum Gasteiger partial charge on any atom is 0.274 e. The van der Waals surface area contributed by atoms with Gasteiger partial charge in [0, 0.05) is 37.6 Å². The van der Waals surface area contributed by atoms with Gasteiger partial charge < -0.3 is 15.5 Å². The van der Waals surface area contributed by atoms with Crippen LogP contribution in [0.15, 0.2) is 48.5 Å². The molecule has 0 spiro atoms. The Morgan fingerprint density at radius 3 is 2.36 bits per heavy atom. The number of benzene rings is 2. The standard InChI is InChI=1S/C20H19F2N5O/c1-12-23-18(20(28)26-17-9-4-13(21)10-16(17)22)11-19(24-12)25-14-5-7-15(8-6-14)27(2)3/h4-11H,1-3H3,(H,26,28)(H,23,24,25). The molecule has 0 aliphatic carbocycles. The molecule has 3 rings (SSSR count). The molecule has 0 aliphatic heterocycles. The van der Waals surface area contributed by atoms with Gasteiger partial charge in [-0.05, 0) is 43.3 Å². The number of carbonyl (C=O) groups is 1. The SMILES string of the molecule is Cc1nc(Nc2ccc(N(C)C)cc2)cc(C(=O)Nc2ccc(F)cc2F)n1. The molecule has 0 unspecified atom stereocenters. The Bertz CT molecular complexity index is 1010. The van der Waals surface area contributed by atoms with Crippen molar-refractivity contribution in [3.05, 3.63) is 71.7 Å². The minimum Gasteiger partial charge on any atom is -0.378 e. The molecule has 144 valence electrons. The second kappa shape index (κ2) is 7.99. The zero-order valence-electron chi connectivity index (χ0n) is 15.6. The van der Waals surface area contributed by atoms with Gasteiger partial charge in [0.15, 0.2) is 0 Å². The molecule has 1 heterocycles. The molecule has 0 fully saturated rings. The van der Waals surface area contributed by atoms with Crippen LogP contribution in [0.1, 0.15) is 16.3 Å². The first kappa shape index (κ1) is 19.2. The van der Waals surface area contributed by atoms with Crippen LogP contribution in [0.25, 0.3) is 0 Å². The van der Waals surface area contributed by atoms with E-state index in [1.165, 1.54) is 6.07 Å². The number of nitrogens with one attached hydrogen (secondary N) is 2. The van der Waals surface area contributed by atoms with Gasteiger partial charge >= 0.3 is 0 Å². The third-order valence-electron chi connectivity index (χ3n) is 3.91. The van der Waals surface area contributed by atoms with Crippen LogP contribution in [0.3, 0.4) is 0 Å². The normalized spacial score (nSPS) is 10.5. The molecular weight excluding hydrogens is 364 g/mol. The van der Waals surface area contributed by atoms with Crippen LogP contribution in [0.2, 0.25) is 0 Å². The highest BCUT2D eigenvalue weighted by Crippen LogP contribution is 2.20. The Hall–Kier alpha value is -3.55. The lowest BCUT2D eigenvalue weighted by atomic mass is 10.2. The average Bonchev–Trinajstić information content (AvgIpc) is 2.64. The van der Waals surface area contributed by atoms with Crippen LogP contribution >= 0.6 is 0 Å². The van der Waals surface area contributed by atoms with E-state index >= 15 is 0 Å². The van der Waals surface area contributed by atoms with Gasteiger partial charge in [-0.15, -0.1) is 0 Å². The van der Waals surface area contributed by atoms with E-state index in [9.17, 15) is 13.6 Å². The molecular formula is C20H19F2N5O. The van der Waals surface area contributed by atoms with Crippen molar-refractivity contribution in [1.82, 2.24) is 9.97 Å². The minimum absolute atomic E-state index is 0.0589. The van der Waals surface area contributed by atoms with Gasteiger partial charge in [0.1, 0.15) is 29.0 Å². The smallest absolute Gasteiger partial charge is 0.274 e. The van der Waals surface area contributed by atoms with Gasteiger partial charge in [0.25, 0.3) is 5.91 Å². The van der Waals surface area contributed by atoms with Crippen molar-refractivity contribution < 1.29 is 13.6 Å². The number of amides is 1. The first-order valence-corrected chi connectivity index (χ1v) is 8.48. The first-order valence-electron chi connectivity index (χ1n) is 8.48. The topological polar surface area (TPSA) is 70.2 Å². The number of halogens is 2. The summed E-state index contributed by atoms with van der Waals surface area (Å²) in [4.78, 5) is 22.8. The minimum atomic E-state index is -0.863. The first-order chi connectivity index (χ1) is 13.3.